The first-order valence-electron chi connectivity index (χ1n) is 9.89. The highest BCUT2D eigenvalue weighted by Crippen LogP contribution is 2.56. The third-order valence-corrected chi connectivity index (χ3v) is 10.8. The van der Waals surface area contributed by atoms with E-state index in [4.69, 9.17) is 9.84 Å². The van der Waals surface area contributed by atoms with Gasteiger partial charge in [-0.25, -0.2) is 14.3 Å². The zero-order chi connectivity index (χ0) is 26.2. The summed E-state index contributed by atoms with van der Waals surface area (Å²) in [6.45, 7) is -0.0149. The van der Waals surface area contributed by atoms with E-state index >= 15 is 0 Å². The van der Waals surface area contributed by atoms with E-state index in [1.165, 1.54) is 35.3 Å². The van der Waals surface area contributed by atoms with Crippen LogP contribution in [0.2, 0.25) is 0 Å². The number of aryl methyl sites for hydroxylation is 1. The van der Waals surface area contributed by atoms with Gasteiger partial charge in [0, 0.05) is 32.1 Å². The summed E-state index contributed by atoms with van der Waals surface area (Å²) in [6, 6.07) is 0. The zero-order valence-electron chi connectivity index (χ0n) is 18.5. The SMILES string of the molecule is CO[C@@]1(CC(=O)C2SC(=C(OC=O)C(=O)O)S2)C(=O)N2C(C(=O)O)=C(CSc3nnnn3C)CS[C@@H]21. The number of amides is 1. The van der Waals surface area contributed by atoms with Gasteiger partial charge in [-0.15, -0.1) is 16.9 Å². The Morgan fingerprint density at radius 2 is 2.03 bits per heavy atom. The molecule has 1 aromatic rings. The number of carbonyl (C=O) groups excluding carboxylic acids is 3. The second-order valence-electron chi connectivity index (χ2n) is 7.41. The molecule has 0 bridgehead atoms. The molecular weight excluding hydrogens is 558 g/mol. The van der Waals surface area contributed by atoms with Crippen molar-refractivity contribution >= 4 is 77.1 Å². The van der Waals surface area contributed by atoms with Gasteiger partial charge in [-0.05, 0) is 16.0 Å². The minimum Gasteiger partial charge on any atom is -0.477 e. The van der Waals surface area contributed by atoms with Crippen molar-refractivity contribution in [2.24, 2.45) is 7.05 Å². The number of ether oxygens (including phenoxy) is 2. The highest BCUT2D eigenvalue weighted by atomic mass is 32.3. The van der Waals surface area contributed by atoms with Crippen LogP contribution in [-0.2, 0) is 40.5 Å². The van der Waals surface area contributed by atoms with Gasteiger partial charge in [-0.3, -0.25) is 19.3 Å². The molecule has 18 heteroatoms. The van der Waals surface area contributed by atoms with E-state index in [0.29, 0.717) is 16.5 Å². The first-order chi connectivity index (χ1) is 17.1. The third kappa shape index (κ3) is 4.51. The first-order valence-corrected chi connectivity index (χ1v) is 13.7. The monoisotopic (exact) mass is 575 g/mol. The fourth-order valence-electron chi connectivity index (χ4n) is 3.71. The molecule has 2 atom stereocenters. The number of hydrogen-bond donors (Lipinski definition) is 2. The fourth-order valence-corrected chi connectivity index (χ4v) is 8.38. The molecule has 0 unspecified atom stereocenters. The van der Waals surface area contributed by atoms with E-state index in [-0.39, 0.29) is 28.6 Å². The molecule has 3 aliphatic rings. The summed E-state index contributed by atoms with van der Waals surface area (Å²) < 4.78 is 10.8. The predicted octanol–water partition coefficient (Wildman–Crippen LogP) is 0.133. The van der Waals surface area contributed by atoms with Crippen LogP contribution < -0.4 is 0 Å². The number of hydrogen-bond acceptors (Lipinski definition) is 14. The summed E-state index contributed by atoms with van der Waals surface area (Å²) in [4.78, 5) is 61.1. The molecule has 2 fully saturated rings. The number of methoxy groups -OCH3 is 1. The van der Waals surface area contributed by atoms with Crippen LogP contribution >= 0.6 is 47.0 Å². The topological polar surface area (TPSA) is 191 Å². The Labute approximate surface area is 219 Å². The number of aromatic nitrogens is 4. The van der Waals surface area contributed by atoms with Crippen molar-refractivity contribution in [3.05, 3.63) is 21.3 Å². The van der Waals surface area contributed by atoms with Crippen LogP contribution in [0.3, 0.4) is 0 Å². The lowest BCUT2D eigenvalue weighted by atomic mass is 9.85. The number of carboxylic acids is 2. The number of ketones is 1. The molecule has 1 amide bonds. The average Bonchev–Trinajstić information content (AvgIpc) is 3.23. The van der Waals surface area contributed by atoms with Crippen LogP contribution in [0.15, 0.2) is 26.4 Å². The lowest BCUT2D eigenvalue weighted by Gasteiger charge is -2.56. The van der Waals surface area contributed by atoms with Gasteiger partial charge in [-0.1, -0.05) is 35.3 Å². The van der Waals surface area contributed by atoms with Gasteiger partial charge in [0.25, 0.3) is 12.4 Å². The Morgan fingerprint density at radius 1 is 1.31 bits per heavy atom. The lowest BCUT2D eigenvalue weighted by Crippen LogP contribution is -2.75. The number of nitrogens with zero attached hydrogens (tertiary/aromatic N) is 5. The number of thioether (sulfide) groups is 4. The van der Waals surface area contributed by atoms with E-state index < -0.39 is 44.9 Å². The largest absolute Gasteiger partial charge is 0.477 e. The van der Waals surface area contributed by atoms with Crippen molar-refractivity contribution < 1.29 is 43.7 Å². The van der Waals surface area contributed by atoms with Crippen molar-refractivity contribution in [2.75, 3.05) is 18.6 Å². The van der Waals surface area contributed by atoms with Crippen molar-refractivity contribution in [1.82, 2.24) is 25.1 Å². The standard InChI is InChI=1S/C18H17N5O9S4/c1-22-17(19-20-21-22)34-5-7-4-33-16-18(31-2,15(30)23(16)9(7)11(26)27)3-8(25)13-35-14(36-13)10(12(28)29)32-6-24/h6,13,16H,3-5H2,1-2H3,(H,26,27)(H,28,29)/t13?,16-,18+/m1/s1. The quantitative estimate of drug-likeness (QED) is 0.119. The minimum atomic E-state index is -1.55. The molecule has 3 aliphatic heterocycles. The van der Waals surface area contributed by atoms with Crippen molar-refractivity contribution in [3.8, 4) is 0 Å². The highest BCUT2D eigenvalue weighted by molar-refractivity contribution is 8.39. The highest BCUT2D eigenvalue weighted by Gasteiger charge is 2.66. The number of tetrazole rings is 1. The molecule has 2 saturated heterocycles. The molecule has 0 saturated carbocycles. The molecule has 4 heterocycles. The van der Waals surface area contributed by atoms with Gasteiger partial charge in [-0.2, -0.15) is 0 Å². The van der Waals surface area contributed by atoms with Gasteiger partial charge >= 0.3 is 11.9 Å². The first kappa shape index (κ1) is 26.5. The van der Waals surface area contributed by atoms with Crippen LogP contribution in [0.25, 0.3) is 0 Å². The van der Waals surface area contributed by atoms with Gasteiger partial charge in [0.15, 0.2) is 11.4 Å². The van der Waals surface area contributed by atoms with Crippen molar-refractivity contribution in [3.63, 3.8) is 0 Å². The van der Waals surface area contributed by atoms with Crippen LogP contribution in [0.1, 0.15) is 6.42 Å². The summed E-state index contributed by atoms with van der Waals surface area (Å²) in [5, 5.41) is 29.9. The number of fused-ring (bicyclic) bond motifs is 1. The minimum absolute atomic E-state index is 0.0149. The number of aliphatic carboxylic acids is 2. The Balaban J connectivity index is 1.48. The Kier molecular flexibility index (Phi) is 7.69. The van der Waals surface area contributed by atoms with E-state index in [1.54, 1.807) is 7.05 Å². The molecule has 0 spiro atoms. The summed E-state index contributed by atoms with van der Waals surface area (Å²) in [6.07, 6.45) is -0.326. The van der Waals surface area contributed by atoms with Gasteiger partial charge in [0.05, 0.1) is 4.24 Å². The molecule has 4 rings (SSSR count). The third-order valence-electron chi connectivity index (χ3n) is 5.40. The Hall–Kier alpha value is -2.54. The van der Waals surface area contributed by atoms with Gasteiger partial charge in [0.2, 0.25) is 10.9 Å². The summed E-state index contributed by atoms with van der Waals surface area (Å²) in [7, 11) is 2.94. The molecular formula is C18H17N5O9S4. The number of carboxylic acid groups (broad SMARTS) is 2. The van der Waals surface area contributed by atoms with E-state index in [1.807, 2.05) is 0 Å². The zero-order valence-corrected chi connectivity index (χ0v) is 21.7. The summed E-state index contributed by atoms with van der Waals surface area (Å²) >= 11 is 4.33. The van der Waals surface area contributed by atoms with Crippen LogP contribution in [0, 0.1) is 0 Å². The number of carbonyl (C=O) groups is 5. The smallest absolute Gasteiger partial charge is 0.373 e. The number of rotatable bonds is 11. The van der Waals surface area contributed by atoms with Gasteiger partial charge < -0.3 is 19.7 Å². The van der Waals surface area contributed by atoms with E-state index in [2.05, 4.69) is 20.3 Å². The summed E-state index contributed by atoms with van der Waals surface area (Å²) in [5.41, 5.74) is -1.19. The fraction of sp³-hybridized carbons (Fsp3) is 0.444. The van der Waals surface area contributed by atoms with E-state index in [0.717, 1.165) is 28.4 Å². The molecule has 1 aromatic heterocycles. The van der Waals surface area contributed by atoms with Crippen molar-refractivity contribution in [2.45, 2.75) is 27.1 Å². The molecule has 2 N–H and O–H groups in total. The molecule has 192 valence electrons. The van der Waals surface area contributed by atoms with Crippen LogP contribution in [-0.4, -0.2) is 99.6 Å². The van der Waals surface area contributed by atoms with Crippen LogP contribution in [0.4, 0.5) is 0 Å². The molecule has 0 radical (unpaired) electrons. The maximum Gasteiger partial charge on any atom is 0.373 e. The average molecular weight is 576 g/mol. The summed E-state index contributed by atoms with van der Waals surface area (Å²) in [5.74, 6) is -3.79. The molecule has 0 aromatic carbocycles. The van der Waals surface area contributed by atoms with Gasteiger partial charge in [0.1, 0.15) is 15.7 Å². The predicted molar refractivity (Wildman–Crippen MR) is 127 cm³/mol. The second-order valence-corrected chi connectivity index (χ2v) is 12.2. The Bertz CT molecular complexity index is 1210. The second kappa shape index (κ2) is 10.4. The normalized spacial score (nSPS) is 25.0. The Morgan fingerprint density at radius 3 is 2.58 bits per heavy atom. The van der Waals surface area contributed by atoms with E-state index in [9.17, 15) is 29.1 Å². The molecule has 36 heavy (non-hydrogen) atoms. The molecule has 0 aliphatic carbocycles. The number of β-lactam (4-membered cyclic amide) rings is 1. The lowest BCUT2D eigenvalue weighted by molar-refractivity contribution is -0.186. The maximum absolute atomic E-state index is 13.2. The number of Topliss-reactive ketones (excluding diaryl/α,β-unsaturated/α-hetero) is 1. The van der Waals surface area contributed by atoms with Crippen LogP contribution in [0.5, 0.6) is 0 Å². The molecule has 14 nitrogen and oxygen atoms in total. The maximum atomic E-state index is 13.2. The van der Waals surface area contributed by atoms with Crippen molar-refractivity contribution in [1.29, 1.82) is 0 Å².